The van der Waals surface area contributed by atoms with Gasteiger partial charge < -0.3 is 4.74 Å². The van der Waals surface area contributed by atoms with Gasteiger partial charge in [0.15, 0.2) is 29.0 Å². The molecule has 0 fully saturated rings. The number of aromatic amines is 1. The van der Waals surface area contributed by atoms with Crippen LogP contribution in [0.1, 0.15) is 33.3 Å². The van der Waals surface area contributed by atoms with Crippen molar-refractivity contribution in [3.8, 4) is 0 Å². The van der Waals surface area contributed by atoms with Gasteiger partial charge in [-0.2, -0.15) is 5.10 Å². The van der Waals surface area contributed by atoms with Gasteiger partial charge in [0, 0.05) is 0 Å². The highest BCUT2D eigenvalue weighted by Crippen LogP contribution is 2.26. The van der Waals surface area contributed by atoms with Gasteiger partial charge in [-0.15, -0.1) is 0 Å². The largest absolute Gasteiger partial charge is 0.461 e. The lowest BCUT2D eigenvalue weighted by atomic mass is 10.0. The SMILES string of the molecule is CCOC(=O)c1[nH]ncc1C(=O)c1c(F)c(F)c(F)c(F)c1F. The molecule has 2 aromatic rings. The maximum atomic E-state index is 13.6. The Morgan fingerprint density at radius 2 is 1.57 bits per heavy atom. The van der Waals surface area contributed by atoms with E-state index in [0.717, 1.165) is 0 Å². The van der Waals surface area contributed by atoms with Crippen LogP contribution in [-0.2, 0) is 4.74 Å². The van der Waals surface area contributed by atoms with E-state index in [9.17, 15) is 31.5 Å². The summed E-state index contributed by atoms with van der Waals surface area (Å²) in [6.07, 6.45) is 0.715. The summed E-state index contributed by atoms with van der Waals surface area (Å²) < 4.78 is 71.1. The molecule has 10 heteroatoms. The minimum atomic E-state index is -2.39. The minimum Gasteiger partial charge on any atom is -0.461 e. The number of hydrogen-bond acceptors (Lipinski definition) is 4. The third-order valence-corrected chi connectivity index (χ3v) is 2.80. The van der Waals surface area contributed by atoms with Gasteiger partial charge in [-0.25, -0.2) is 26.7 Å². The number of hydrogen-bond donors (Lipinski definition) is 1. The van der Waals surface area contributed by atoms with Crippen LogP contribution in [0, 0.1) is 29.1 Å². The summed E-state index contributed by atoms with van der Waals surface area (Å²) in [5, 5.41) is 5.41. The second-order valence-corrected chi connectivity index (χ2v) is 4.15. The molecule has 0 aliphatic carbocycles. The van der Waals surface area contributed by atoms with Crippen LogP contribution in [0.2, 0.25) is 0 Å². The number of nitrogens with one attached hydrogen (secondary N) is 1. The average molecular weight is 334 g/mol. The molecular formula is C13H7F5N2O3. The number of carbonyl (C=O) groups excluding carboxylic acids is 2. The van der Waals surface area contributed by atoms with E-state index in [4.69, 9.17) is 0 Å². The van der Waals surface area contributed by atoms with Crippen LogP contribution in [-0.4, -0.2) is 28.6 Å². The first-order chi connectivity index (χ1) is 10.8. The Morgan fingerprint density at radius 1 is 1.04 bits per heavy atom. The normalized spacial score (nSPS) is 10.7. The lowest BCUT2D eigenvalue weighted by molar-refractivity contribution is 0.0516. The van der Waals surface area contributed by atoms with Crippen molar-refractivity contribution in [2.24, 2.45) is 0 Å². The van der Waals surface area contributed by atoms with Crippen LogP contribution >= 0.6 is 0 Å². The average Bonchev–Trinajstić information content (AvgIpc) is 3.01. The number of ether oxygens (including phenoxy) is 1. The van der Waals surface area contributed by atoms with E-state index in [1.54, 1.807) is 0 Å². The molecule has 0 atom stereocenters. The molecule has 0 amide bonds. The van der Waals surface area contributed by atoms with Crippen LogP contribution < -0.4 is 0 Å². The van der Waals surface area contributed by atoms with Crippen molar-refractivity contribution < 1.29 is 36.3 Å². The molecular weight excluding hydrogens is 327 g/mol. The highest BCUT2D eigenvalue weighted by atomic mass is 19.2. The zero-order chi connectivity index (χ0) is 17.3. The zero-order valence-corrected chi connectivity index (χ0v) is 11.3. The van der Waals surface area contributed by atoms with E-state index in [1.807, 2.05) is 0 Å². The molecule has 0 saturated carbocycles. The Bertz CT molecular complexity index is 774. The third kappa shape index (κ3) is 2.67. The van der Waals surface area contributed by atoms with Crippen LogP contribution in [0.5, 0.6) is 0 Å². The summed E-state index contributed by atoms with van der Waals surface area (Å²) >= 11 is 0. The van der Waals surface area contributed by atoms with Crippen molar-refractivity contribution in [1.82, 2.24) is 10.2 Å². The highest BCUT2D eigenvalue weighted by molar-refractivity contribution is 6.14. The Hall–Kier alpha value is -2.78. The second kappa shape index (κ2) is 6.15. The molecule has 0 unspecified atom stereocenters. The van der Waals surface area contributed by atoms with Gasteiger partial charge in [-0.1, -0.05) is 0 Å². The highest BCUT2D eigenvalue weighted by Gasteiger charge is 2.32. The fraction of sp³-hybridized carbons (Fsp3) is 0.154. The van der Waals surface area contributed by atoms with E-state index in [-0.39, 0.29) is 6.61 Å². The van der Waals surface area contributed by atoms with Gasteiger partial charge in [0.05, 0.1) is 18.4 Å². The number of H-pyrrole nitrogens is 1. The smallest absolute Gasteiger partial charge is 0.357 e. The molecule has 1 heterocycles. The molecule has 0 saturated heterocycles. The van der Waals surface area contributed by atoms with Crippen molar-refractivity contribution in [3.05, 3.63) is 52.1 Å². The number of esters is 1. The standard InChI is InChI=1S/C13H7F5N2O3/c1-2-23-13(22)11-4(3-19-20-11)12(21)5-6(14)8(16)10(18)9(17)7(5)15/h3H,2H2,1H3,(H,19,20). The second-order valence-electron chi connectivity index (χ2n) is 4.15. The molecule has 1 aromatic heterocycles. The van der Waals surface area contributed by atoms with Crippen molar-refractivity contribution in [2.45, 2.75) is 6.92 Å². The molecule has 1 N–H and O–H groups in total. The number of carbonyl (C=O) groups is 2. The summed E-state index contributed by atoms with van der Waals surface area (Å²) in [6, 6.07) is 0. The molecule has 0 aliphatic rings. The molecule has 0 radical (unpaired) electrons. The number of rotatable bonds is 4. The van der Waals surface area contributed by atoms with Crippen LogP contribution in [0.4, 0.5) is 22.0 Å². The number of benzene rings is 1. The molecule has 1 aromatic carbocycles. The van der Waals surface area contributed by atoms with Crippen molar-refractivity contribution in [3.63, 3.8) is 0 Å². The minimum absolute atomic E-state index is 0.0754. The lowest BCUT2D eigenvalue weighted by Gasteiger charge is -2.07. The zero-order valence-electron chi connectivity index (χ0n) is 11.3. The summed E-state index contributed by atoms with van der Waals surface area (Å²) in [4.78, 5) is 23.7. The fourth-order valence-corrected chi connectivity index (χ4v) is 1.76. The summed E-state index contributed by atoms with van der Waals surface area (Å²) in [5.41, 5.74) is -2.94. The summed E-state index contributed by atoms with van der Waals surface area (Å²) in [7, 11) is 0. The Kier molecular flexibility index (Phi) is 4.43. The van der Waals surface area contributed by atoms with E-state index < -0.39 is 57.7 Å². The lowest BCUT2D eigenvalue weighted by Crippen LogP contribution is -2.16. The monoisotopic (exact) mass is 334 g/mol. The molecule has 0 spiro atoms. The predicted molar refractivity (Wildman–Crippen MR) is 64.2 cm³/mol. The number of nitrogens with zero attached hydrogens (tertiary/aromatic N) is 1. The first-order valence-corrected chi connectivity index (χ1v) is 6.07. The number of ketones is 1. The molecule has 0 bridgehead atoms. The van der Waals surface area contributed by atoms with E-state index >= 15 is 0 Å². The maximum Gasteiger partial charge on any atom is 0.357 e. The van der Waals surface area contributed by atoms with Crippen molar-refractivity contribution in [1.29, 1.82) is 0 Å². The van der Waals surface area contributed by atoms with Gasteiger partial charge in [-0.3, -0.25) is 9.89 Å². The number of halogens is 5. The van der Waals surface area contributed by atoms with E-state index in [2.05, 4.69) is 14.9 Å². The molecule has 23 heavy (non-hydrogen) atoms. The topological polar surface area (TPSA) is 72.1 Å². The van der Waals surface area contributed by atoms with Crippen molar-refractivity contribution in [2.75, 3.05) is 6.61 Å². The van der Waals surface area contributed by atoms with Gasteiger partial charge in [0.25, 0.3) is 0 Å². The van der Waals surface area contributed by atoms with Crippen LogP contribution in [0.15, 0.2) is 6.20 Å². The van der Waals surface area contributed by atoms with Gasteiger partial charge in [0.2, 0.25) is 11.6 Å². The van der Waals surface area contributed by atoms with Crippen LogP contribution in [0.3, 0.4) is 0 Å². The first kappa shape index (κ1) is 16.6. The molecule has 2 rings (SSSR count). The Morgan fingerprint density at radius 3 is 2.09 bits per heavy atom. The third-order valence-electron chi connectivity index (χ3n) is 2.80. The van der Waals surface area contributed by atoms with Crippen LogP contribution in [0.25, 0.3) is 0 Å². The maximum absolute atomic E-state index is 13.6. The van der Waals surface area contributed by atoms with Gasteiger partial charge in [0.1, 0.15) is 5.56 Å². The van der Waals surface area contributed by atoms with Gasteiger partial charge >= 0.3 is 5.97 Å². The Labute approximate surface area is 125 Å². The first-order valence-electron chi connectivity index (χ1n) is 6.07. The molecule has 5 nitrogen and oxygen atoms in total. The van der Waals surface area contributed by atoms with E-state index in [0.29, 0.717) is 6.20 Å². The predicted octanol–water partition coefficient (Wildman–Crippen LogP) is 2.51. The summed E-state index contributed by atoms with van der Waals surface area (Å²) in [5.74, 6) is -14.2. The quantitative estimate of drug-likeness (QED) is 0.307. The number of aromatic nitrogens is 2. The fourth-order valence-electron chi connectivity index (χ4n) is 1.76. The van der Waals surface area contributed by atoms with E-state index in [1.165, 1.54) is 6.92 Å². The Balaban J connectivity index is 2.60. The van der Waals surface area contributed by atoms with Crippen molar-refractivity contribution >= 4 is 11.8 Å². The molecule has 0 aliphatic heterocycles. The summed E-state index contributed by atoms with van der Waals surface area (Å²) in [6.45, 7) is 1.38. The molecule has 122 valence electrons. The van der Waals surface area contributed by atoms with Gasteiger partial charge in [-0.05, 0) is 6.92 Å².